The highest BCUT2D eigenvalue weighted by atomic mass is 35.5. The first-order valence-corrected chi connectivity index (χ1v) is 4.91. The van der Waals surface area contributed by atoms with Crippen molar-refractivity contribution in [2.45, 2.75) is 12.5 Å². The Morgan fingerprint density at radius 2 is 2.50 bits per heavy atom. The van der Waals surface area contributed by atoms with E-state index in [9.17, 15) is 4.79 Å². The fourth-order valence-electron chi connectivity index (χ4n) is 1.35. The number of aliphatic hydroxyl groups excluding tert-OH is 1. The molecule has 0 radical (unpaired) electrons. The lowest BCUT2D eigenvalue weighted by Crippen LogP contribution is -2.29. The molecule has 8 heteroatoms. The molecule has 0 amide bonds. The predicted molar refractivity (Wildman–Crippen MR) is 54.9 cm³/mol. The molecular weight excluding hydrogens is 238 g/mol. The zero-order valence-corrected chi connectivity index (χ0v) is 8.92. The van der Waals surface area contributed by atoms with Crippen molar-refractivity contribution in [3.05, 3.63) is 21.7 Å². The fraction of sp³-hybridized carbons (Fsp3) is 0.500. The Balaban J connectivity index is 2.28. The smallest absolute Gasteiger partial charge is 0.351 e. The topological polar surface area (TPSA) is 99.6 Å². The van der Waals surface area contributed by atoms with Gasteiger partial charge < -0.3 is 20.3 Å². The maximum atomic E-state index is 11.5. The summed E-state index contributed by atoms with van der Waals surface area (Å²) in [6.45, 7) is -0.131. The second kappa shape index (κ2) is 4.38. The maximum Gasteiger partial charge on any atom is 0.351 e. The van der Waals surface area contributed by atoms with Gasteiger partial charge in [-0.25, -0.2) is 4.79 Å². The quantitative estimate of drug-likeness (QED) is 0.720. The number of nitrogens with two attached hydrogens (primary N) is 1. The summed E-state index contributed by atoms with van der Waals surface area (Å²) >= 11 is 5.74. The molecule has 0 unspecified atom stereocenters. The highest BCUT2D eigenvalue weighted by Crippen LogP contribution is 2.21. The number of anilines is 1. The third-order valence-corrected chi connectivity index (χ3v) is 2.42. The number of aliphatic hydroxyl groups is 1. The van der Waals surface area contributed by atoms with E-state index in [2.05, 4.69) is 4.98 Å². The van der Waals surface area contributed by atoms with Gasteiger partial charge in [0.25, 0.3) is 0 Å². The summed E-state index contributed by atoms with van der Waals surface area (Å²) in [6, 6.07) is 0. The van der Waals surface area contributed by atoms with E-state index in [0.717, 1.165) is 0 Å². The van der Waals surface area contributed by atoms with Gasteiger partial charge in [-0.15, -0.1) is 0 Å². The van der Waals surface area contributed by atoms with Crippen LogP contribution in [0.15, 0.2) is 11.0 Å². The van der Waals surface area contributed by atoms with Crippen molar-refractivity contribution < 1.29 is 14.6 Å². The van der Waals surface area contributed by atoms with E-state index >= 15 is 0 Å². The summed E-state index contributed by atoms with van der Waals surface area (Å²) < 4.78 is 11.5. The van der Waals surface area contributed by atoms with Crippen LogP contribution in [-0.2, 0) is 9.47 Å². The summed E-state index contributed by atoms with van der Waals surface area (Å²) in [6.07, 6.45) is -0.0384. The zero-order chi connectivity index (χ0) is 11.7. The first kappa shape index (κ1) is 11.3. The van der Waals surface area contributed by atoms with Crippen LogP contribution in [0.3, 0.4) is 0 Å². The lowest BCUT2D eigenvalue weighted by atomic mass is 10.5. The van der Waals surface area contributed by atoms with Crippen LogP contribution in [-0.4, -0.2) is 34.2 Å². The Labute approximate surface area is 95.4 Å². The molecule has 0 saturated carbocycles. The number of hydrogen-bond donors (Lipinski definition) is 2. The summed E-state index contributed by atoms with van der Waals surface area (Å²) in [4.78, 5) is 15.0. The number of hydrogen-bond acceptors (Lipinski definition) is 6. The molecule has 2 heterocycles. The second-order valence-corrected chi connectivity index (χ2v) is 3.61. The van der Waals surface area contributed by atoms with Gasteiger partial charge in [-0.05, 0) is 0 Å². The fourth-order valence-corrected chi connectivity index (χ4v) is 1.50. The van der Waals surface area contributed by atoms with Gasteiger partial charge in [0.15, 0.2) is 12.5 Å². The molecule has 1 saturated heterocycles. The van der Waals surface area contributed by atoms with Gasteiger partial charge in [-0.3, -0.25) is 4.57 Å². The molecule has 0 aromatic carbocycles. The number of nitrogen functional groups attached to an aromatic ring is 1. The van der Waals surface area contributed by atoms with Crippen molar-refractivity contribution in [2.24, 2.45) is 0 Å². The molecule has 0 aliphatic carbocycles. The Hall–Kier alpha value is -1.15. The summed E-state index contributed by atoms with van der Waals surface area (Å²) in [5.41, 5.74) is 4.80. The van der Waals surface area contributed by atoms with Crippen molar-refractivity contribution in [3.8, 4) is 0 Å². The zero-order valence-electron chi connectivity index (χ0n) is 8.17. The van der Waals surface area contributed by atoms with Crippen LogP contribution in [0.5, 0.6) is 0 Å². The van der Waals surface area contributed by atoms with Crippen molar-refractivity contribution in [1.82, 2.24) is 9.55 Å². The molecule has 1 fully saturated rings. The molecule has 3 N–H and O–H groups in total. The van der Waals surface area contributed by atoms with Gasteiger partial charge in [0.05, 0.1) is 18.2 Å². The minimum atomic E-state index is -0.728. The van der Waals surface area contributed by atoms with Gasteiger partial charge in [0, 0.05) is 6.20 Å². The Kier molecular flexibility index (Phi) is 3.10. The van der Waals surface area contributed by atoms with E-state index < -0.39 is 18.2 Å². The summed E-state index contributed by atoms with van der Waals surface area (Å²) in [5.74, 6) is -0.0273. The normalized spacial score (nSPS) is 24.9. The van der Waals surface area contributed by atoms with E-state index in [-0.39, 0.29) is 24.1 Å². The van der Waals surface area contributed by atoms with Crippen LogP contribution in [0.2, 0.25) is 5.02 Å². The average Bonchev–Trinajstić information content (AvgIpc) is 2.71. The molecule has 1 aliphatic rings. The number of aromatic nitrogens is 2. The van der Waals surface area contributed by atoms with Crippen molar-refractivity contribution >= 4 is 17.4 Å². The lowest BCUT2D eigenvalue weighted by Gasteiger charge is -2.12. The SMILES string of the molecule is Nc1nc(=O)n([C@@H]2CO[C@H](CO)O2)cc1Cl. The number of ether oxygens (including phenoxy) is 2. The van der Waals surface area contributed by atoms with Crippen LogP contribution in [0.4, 0.5) is 5.82 Å². The van der Waals surface area contributed by atoms with Gasteiger partial charge in [0.1, 0.15) is 5.82 Å². The van der Waals surface area contributed by atoms with Crippen LogP contribution in [0, 0.1) is 0 Å². The summed E-state index contributed by atoms with van der Waals surface area (Å²) in [5, 5.41) is 8.96. The molecule has 7 nitrogen and oxygen atoms in total. The van der Waals surface area contributed by atoms with Gasteiger partial charge >= 0.3 is 5.69 Å². The van der Waals surface area contributed by atoms with Crippen molar-refractivity contribution in [1.29, 1.82) is 0 Å². The number of halogens is 1. The van der Waals surface area contributed by atoms with Gasteiger partial charge in [-0.2, -0.15) is 4.98 Å². The third kappa shape index (κ3) is 2.03. The lowest BCUT2D eigenvalue weighted by molar-refractivity contribution is -0.0992. The molecule has 0 spiro atoms. The molecule has 2 rings (SSSR count). The molecule has 2 atom stereocenters. The third-order valence-electron chi connectivity index (χ3n) is 2.13. The van der Waals surface area contributed by atoms with Crippen LogP contribution < -0.4 is 11.4 Å². The van der Waals surface area contributed by atoms with Gasteiger partial charge in [-0.1, -0.05) is 11.6 Å². The van der Waals surface area contributed by atoms with E-state index in [0.29, 0.717) is 0 Å². The number of nitrogens with zero attached hydrogens (tertiary/aromatic N) is 2. The average molecular weight is 248 g/mol. The Morgan fingerprint density at radius 1 is 1.75 bits per heavy atom. The standard InChI is InChI=1S/C8H10ClN3O4/c9-4-1-12(8(14)11-7(4)10)5-3-15-6(2-13)16-5/h1,5-6,13H,2-3H2,(H2,10,11,14)/t5-,6-/m0/s1. The van der Waals surface area contributed by atoms with Crippen LogP contribution in [0.25, 0.3) is 0 Å². The number of rotatable bonds is 2. The van der Waals surface area contributed by atoms with E-state index in [1.807, 2.05) is 0 Å². The highest BCUT2D eigenvalue weighted by molar-refractivity contribution is 6.32. The predicted octanol–water partition coefficient (Wildman–Crippen LogP) is -0.657. The Bertz CT molecular complexity index is 449. The van der Waals surface area contributed by atoms with E-state index in [4.69, 9.17) is 31.9 Å². The first-order chi connectivity index (χ1) is 7.61. The van der Waals surface area contributed by atoms with Crippen molar-refractivity contribution in [2.75, 3.05) is 18.9 Å². The molecule has 88 valence electrons. The molecule has 1 aromatic rings. The van der Waals surface area contributed by atoms with E-state index in [1.54, 1.807) is 0 Å². The van der Waals surface area contributed by atoms with E-state index in [1.165, 1.54) is 10.8 Å². The summed E-state index contributed by atoms with van der Waals surface area (Å²) in [7, 11) is 0. The largest absolute Gasteiger partial charge is 0.391 e. The highest BCUT2D eigenvalue weighted by Gasteiger charge is 2.27. The monoisotopic (exact) mass is 247 g/mol. The molecule has 1 aromatic heterocycles. The van der Waals surface area contributed by atoms with Crippen molar-refractivity contribution in [3.63, 3.8) is 0 Å². The second-order valence-electron chi connectivity index (χ2n) is 3.20. The van der Waals surface area contributed by atoms with Crippen LogP contribution >= 0.6 is 11.6 Å². The Morgan fingerprint density at radius 3 is 3.12 bits per heavy atom. The molecular formula is C8H10ClN3O4. The van der Waals surface area contributed by atoms with Gasteiger partial charge in [0.2, 0.25) is 0 Å². The molecule has 0 bridgehead atoms. The van der Waals surface area contributed by atoms with Crippen LogP contribution in [0.1, 0.15) is 6.23 Å². The first-order valence-electron chi connectivity index (χ1n) is 4.54. The minimum absolute atomic E-state index is 0.0273. The molecule has 16 heavy (non-hydrogen) atoms. The maximum absolute atomic E-state index is 11.5. The minimum Gasteiger partial charge on any atom is -0.391 e. The molecule has 1 aliphatic heterocycles.